The van der Waals surface area contributed by atoms with Crippen LogP contribution in [0.1, 0.15) is 24.2 Å². The van der Waals surface area contributed by atoms with E-state index in [4.69, 9.17) is 11.0 Å². The first-order valence-electron chi connectivity index (χ1n) is 5.11. The van der Waals surface area contributed by atoms with Crippen LogP contribution in [0.5, 0.6) is 0 Å². The number of benzene rings is 1. The van der Waals surface area contributed by atoms with Crippen molar-refractivity contribution in [3.63, 3.8) is 0 Å². The number of carbonyl (C=O) groups is 1. The molecule has 1 aromatic rings. The molecule has 0 heterocycles. The first-order valence-corrected chi connectivity index (χ1v) is 5.11. The molecule has 90 valence electrons. The van der Waals surface area contributed by atoms with Crippen molar-refractivity contribution in [3.05, 3.63) is 29.6 Å². The summed E-state index contributed by atoms with van der Waals surface area (Å²) in [5, 5.41) is 11.3. The van der Waals surface area contributed by atoms with E-state index in [-0.39, 0.29) is 17.8 Å². The molecule has 3 N–H and O–H groups in total. The third-order valence-electron chi connectivity index (χ3n) is 2.29. The fourth-order valence-electron chi connectivity index (χ4n) is 1.17. The average Bonchev–Trinajstić information content (AvgIpc) is 2.30. The zero-order valence-corrected chi connectivity index (χ0v) is 9.75. The number of nitriles is 1. The van der Waals surface area contributed by atoms with Crippen molar-refractivity contribution < 1.29 is 9.18 Å². The first kappa shape index (κ1) is 13.0. The Morgan fingerprint density at radius 3 is 2.82 bits per heavy atom. The summed E-state index contributed by atoms with van der Waals surface area (Å²) in [6.45, 7) is 3.57. The predicted octanol–water partition coefficient (Wildman–Crippen LogP) is 1.69. The molecule has 0 saturated carbocycles. The third kappa shape index (κ3) is 3.18. The number of carbonyl (C=O) groups excluding carboxylic acids is 1. The lowest BCUT2D eigenvalue weighted by atomic mass is 9.96. The van der Waals surface area contributed by atoms with Crippen LogP contribution in [-0.2, 0) is 0 Å². The van der Waals surface area contributed by atoms with Gasteiger partial charge >= 0.3 is 0 Å². The average molecular weight is 235 g/mol. The maximum absolute atomic E-state index is 13.1. The maximum atomic E-state index is 13.1. The van der Waals surface area contributed by atoms with E-state index in [9.17, 15) is 9.18 Å². The van der Waals surface area contributed by atoms with Gasteiger partial charge in [0.25, 0.3) is 5.91 Å². The summed E-state index contributed by atoms with van der Waals surface area (Å²) in [6, 6.07) is 6.09. The van der Waals surface area contributed by atoms with Crippen LogP contribution in [0, 0.1) is 22.6 Å². The smallest absolute Gasteiger partial charge is 0.253 e. The van der Waals surface area contributed by atoms with Crippen LogP contribution in [-0.4, -0.2) is 12.5 Å². The summed E-state index contributed by atoms with van der Waals surface area (Å²) in [6.07, 6.45) is 0. The molecule has 0 aliphatic carbocycles. The second-order valence-corrected chi connectivity index (χ2v) is 4.38. The predicted molar refractivity (Wildman–Crippen MR) is 62.5 cm³/mol. The number of nitrogens with one attached hydrogen (secondary N) is 1. The van der Waals surface area contributed by atoms with Crippen molar-refractivity contribution in [2.24, 2.45) is 5.41 Å². The molecular weight excluding hydrogens is 221 g/mol. The minimum Gasteiger partial charge on any atom is -0.396 e. The lowest BCUT2D eigenvalue weighted by Crippen LogP contribution is -2.33. The number of hydrogen-bond donors (Lipinski definition) is 2. The van der Waals surface area contributed by atoms with Gasteiger partial charge in [-0.05, 0) is 26.0 Å². The summed E-state index contributed by atoms with van der Waals surface area (Å²) in [5.74, 6) is -1.11. The molecule has 0 radical (unpaired) electrons. The summed E-state index contributed by atoms with van der Waals surface area (Å²) < 4.78 is 13.1. The number of para-hydroxylation sites is 1. The van der Waals surface area contributed by atoms with Crippen molar-refractivity contribution in [2.75, 3.05) is 12.3 Å². The normalized spacial score (nSPS) is 10.7. The van der Waals surface area contributed by atoms with Crippen LogP contribution in [0.25, 0.3) is 0 Å². The van der Waals surface area contributed by atoms with Crippen molar-refractivity contribution in [1.82, 2.24) is 5.32 Å². The molecule has 0 aromatic heterocycles. The molecule has 17 heavy (non-hydrogen) atoms. The Bertz CT molecular complexity index is 477. The topological polar surface area (TPSA) is 78.9 Å². The second kappa shape index (κ2) is 4.83. The number of nitrogens with zero attached hydrogens (tertiary/aromatic N) is 1. The lowest BCUT2D eigenvalue weighted by molar-refractivity contribution is 0.0944. The highest BCUT2D eigenvalue weighted by atomic mass is 19.1. The van der Waals surface area contributed by atoms with Crippen LogP contribution in [0.4, 0.5) is 10.1 Å². The highest BCUT2D eigenvalue weighted by molar-refractivity contribution is 5.99. The maximum Gasteiger partial charge on any atom is 0.253 e. The molecule has 1 rings (SSSR count). The summed E-state index contributed by atoms with van der Waals surface area (Å²) in [7, 11) is 0. The van der Waals surface area contributed by atoms with Gasteiger partial charge in [0.05, 0.1) is 22.7 Å². The van der Waals surface area contributed by atoms with Crippen LogP contribution in [0.2, 0.25) is 0 Å². The van der Waals surface area contributed by atoms with Crippen LogP contribution in [0.3, 0.4) is 0 Å². The van der Waals surface area contributed by atoms with E-state index >= 15 is 0 Å². The minimum atomic E-state index is -0.669. The monoisotopic (exact) mass is 235 g/mol. The van der Waals surface area contributed by atoms with Crippen LogP contribution < -0.4 is 11.1 Å². The molecule has 0 bridgehead atoms. The van der Waals surface area contributed by atoms with Crippen molar-refractivity contribution in [1.29, 1.82) is 5.26 Å². The molecule has 4 nitrogen and oxygen atoms in total. The minimum absolute atomic E-state index is 0.0822. The summed E-state index contributed by atoms with van der Waals surface area (Å²) in [5.41, 5.74) is 4.69. The molecule has 1 amide bonds. The summed E-state index contributed by atoms with van der Waals surface area (Å²) in [4.78, 5) is 11.7. The Balaban J connectivity index is 2.79. The fraction of sp³-hybridized carbons (Fsp3) is 0.333. The highest BCUT2D eigenvalue weighted by Gasteiger charge is 2.19. The SMILES string of the molecule is CC(C)(C#N)CNC(=O)c1cccc(F)c1N. The first-order chi connectivity index (χ1) is 7.87. The van der Waals surface area contributed by atoms with Gasteiger partial charge in [0, 0.05) is 6.54 Å². The Morgan fingerprint density at radius 1 is 1.59 bits per heavy atom. The van der Waals surface area contributed by atoms with Gasteiger partial charge in [-0.2, -0.15) is 5.26 Å². The molecule has 0 unspecified atom stereocenters. The Kier molecular flexibility index (Phi) is 3.69. The van der Waals surface area contributed by atoms with E-state index in [1.54, 1.807) is 13.8 Å². The van der Waals surface area contributed by atoms with Crippen molar-refractivity contribution >= 4 is 11.6 Å². The van der Waals surface area contributed by atoms with E-state index in [2.05, 4.69) is 11.4 Å². The Labute approximate surface area is 99.2 Å². The van der Waals surface area contributed by atoms with E-state index < -0.39 is 17.1 Å². The Morgan fingerprint density at radius 2 is 2.24 bits per heavy atom. The van der Waals surface area contributed by atoms with Gasteiger partial charge in [0.1, 0.15) is 5.82 Å². The molecule has 0 atom stereocenters. The van der Waals surface area contributed by atoms with Gasteiger partial charge in [-0.15, -0.1) is 0 Å². The van der Waals surface area contributed by atoms with E-state index in [0.717, 1.165) is 0 Å². The quantitative estimate of drug-likeness (QED) is 0.782. The van der Waals surface area contributed by atoms with Crippen molar-refractivity contribution in [2.45, 2.75) is 13.8 Å². The lowest BCUT2D eigenvalue weighted by Gasteiger charge is -2.16. The number of nitrogen functional groups attached to an aromatic ring is 1. The highest BCUT2D eigenvalue weighted by Crippen LogP contribution is 2.16. The number of nitrogens with two attached hydrogens (primary N) is 1. The summed E-state index contributed by atoms with van der Waals surface area (Å²) >= 11 is 0. The van der Waals surface area contributed by atoms with Gasteiger partial charge in [0.15, 0.2) is 0 Å². The molecule has 0 aliphatic heterocycles. The number of halogens is 1. The molecule has 1 aromatic carbocycles. The zero-order valence-electron chi connectivity index (χ0n) is 9.75. The van der Waals surface area contributed by atoms with Gasteiger partial charge in [-0.25, -0.2) is 4.39 Å². The zero-order chi connectivity index (χ0) is 13.1. The largest absolute Gasteiger partial charge is 0.396 e. The molecule has 5 heteroatoms. The molecular formula is C12H14FN3O. The van der Waals surface area contributed by atoms with Gasteiger partial charge in [-0.3, -0.25) is 4.79 Å². The number of rotatable bonds is 3. The molecule has 0 spiro atoms. The second-order valence-electron chi connectivity index (χ2n) is 4.38. The van der Waals surface area contributed by atoms with E-state index in [1.807, 2.05) is 0 Å². The van der Waals surface area contributed by atoms with Crippen LogP contribution >= 0.6 is 0 Å². The van der Waals surface area contributed by atoms with Gasteiger partial charge in [-0.1, -0.05) is 6.07 Å². The molecule has 0 fully saturated rings. The van der Waals surface area contributed by atoms with Crippen molar-refractivity contribution in [3.8, 4) is 6.07 Å². The standard InChI is InChI=1S/C12H14FN3O/c1-12(2,6-14)7-16-11(17)8-4-3-5-9(13)10(8)15/h3-5H,7,15H2,1-2H3,(H,16,17). The van der Waals surface area contributed by atoms with Crippen LogP contribution in [0.15, 0.2) is 18.2 Å². The third-order valence-corrected chi connectivity index (χ3v) is 2.29. The van der Waals surface area contributed by atoms with Gasteiger partial charge < -0.3 is 11.1 Å². The fourth-order valence-corrected chi connectivity index (χ4v) is 1.17. The number of hydrogen-bond acceptors (Lipinski definition) is 3. The molecule has 0 aliphatic rings. The van der Waals surface area contributed by atoms with E-state index in [1.165, 1.54) is 18.2 Å². The molecule has 0 saturated heterocycles. The van der Waals surface area contributed by atoms with E-state index in [0.29, 0.717) is 0 Å². The van der Waals surface area contributed by atoms with Gasteiger partial charge in [0.2, 0.25) is 0 Å². The Hall–Kier alpha value is -2.09. The number of amides is 1. The number of anilines is 1.